The minimum absolute atomic E-state index is 0.378. The lowest BCUT2D eigenvalue weighted by Crippen LogP contribution is -2.64. The van der Waals surface area contributed by atoms with E-state index in [9.17, 15) is 0 Å². The highest BCUT2D eigenvalue weighted by Gasteiger charge is 2.47. The van der Waals surface area contributed by atoms with E-state index in [0.717, 1.165) is 32.2 Å². The van der Waals surface area contributed by atoms with Crippen molar-refractivity contribution < 1.29 is 4.74 Å². The van der Waals surface area contributed by atoms with Gasteiger partial charge in [-0.25, -0.2) is 0 Å². The summed E-state index contributed by atoms with van der Waals surface area (Å²) in [5, 5.41) is 3.72. The first kappa shape index (κ1) is 13.3. The number of piperazine rings is 1. The highest BCUT2D eigenvalue weighted by molar-refractivity contribution is 5.04. The Labute approximate surface area is 106 Å². The third kappa shape index (κ3) is 3.01. The Kier molecular flexibility index (Phi) is 4.45. The smallest absolute Gasteiger partial charge is 0.0593 e. The van der Waals surface area contributed by atoms with Crippen molar-refractivity contribution in [2.75, 3.05) is 32.8 Å². The fourth-order valence-corrected chi connectivity index (χ4v) is 3.05. The maximum absolute atomic E-state index is 5.54. The molecule has 0 bridgehead atoms. The average Bonchev–Trinajstić information content (AvgIpc) is 3.16. The molecule has 0 amide bonds. The summed E-state index contributed by atoms with van der Waals surface area (Å²) in [5.41, 5.74) is 0.378. The predicted molar refractivity (Wildman–Crippen MR) is 71.3 cm³/mol. The molecule has 2 fully saturated rings. The van der Waals surface area contributed by atoms with Gasteiger partial charge in [-0.15, -0.1) is 0 Å². The maximum Gasteiger partial charge on any atom is 0.0593 e. The Bertz CT molecular complexity index is 242. The first-order valence-electron chi connectivity index (χ1n) is 7.27. The molecule has 2 atom stereocenters. The van der Waals surface area contributed by atoms with E-state index in [1.54, 1.807) is 0 Å². The van der Waals surface area contributed by atoms with E-state index >= 15 is 0 Å². The van der Waals surface area contributed by atoms with E-state index in [4.69, 9.17) is 4.74 Å². The van der Waals surface area contributed by atoms with Crippen LogP contribution in [-0.4, -0.2) is 49.3 Å². The molecule has 2 unspecified atom stereocenters. The summed E-state index contributed by atoms with van der Waals surface area (Å²) in [5.74, 6) is 0.912. The van der Waals surface area contributed by atoms with Crippen molar-refractivity contribution >= 4 is 0 Å². The van der Waals surface area contributed by atoms with Gasteiger partial charge in [0.05, 0.1) is 6.61 Å². The van der Waals surface area contributed by atoms with Gasteiger partial charge in [-0.3, -0.25) is 4.90 Å². The molecule has 1 heterocycles. The third-order valence-electron chi connectivity index (χ3n) is 4.57. The lowest BCUT2D eigenvalue weighted by Gasteiger charge is -2.48. The predicted octanol–water partition coefficient (Wildman–Crippen LogP) is 1.88. The second-order valence-electron chi connectivity index (χ2n) is 5.76. The molecule has 17 heavy (non-hydrogen) atoms. The van der Waals surface area contributed by atoms with Crippen LogP contribution in [0.2, 0.25) is 0 Å². The molecular formula is C14H28N2O. The zero-order chi connectivity index (χ0) is 12.3. The highest BCUT2D eigenvalue weighted by atomic mass is 16.5. The van der Waals surface area contributed by atoms with Gasteiger partial charge in [0, 0.05) is 37.8 Å². The van der Waals surface area contributed by atoms with Crippen molar-refractivity contribution in [3.8, 4) is 0 Å². The van der Waals surface area contributed by atoms with Crippen LogP contribution >= 0.6 is 0 Å². The molecule has 1 N–H and O–H groups in total. The Morgan fingerprint density at radius 2 is 2.12 bits per heavy atom. The van der Waals surface area contributed by atoms with Crippen molar-refractivity contribution in [3.63, 3.8) is 0 Å². The van der Waals surface area contributed by atoms with Crippen LogP contribution in [0, 0.1) is 5.92 Å². The van der Waals surface area contributed by atoms with Crippen LogP contribution < -0.4 is 5.32 Å². The van der Waals surface area contributed by atoms with Crippen molar-refractivity contribution in [3.05, 3.63) is 0 Å². The zero-order valence-corrected chi connectivity index (χ0v) is 11.7. The van der Waals surface area contributed by atoms with Crippen LogP contribution in [0.3, 0.4) is 0 Å². The molecule has 3 nitrogen and oxygen atoms in total. The molecule has 1 saturated heterocycles. The second kappa shape index (κ2) is 5.68. The van der Waals surface area contributed by atoms with Gasteiger partial charge in [-0.2, -0.15) is 0 Å². The van der Waals surface area contributed by atoms with Crippen LogP contribution in [-0.2, 0) is 4.74 Å². The third-order valence-corrected chi connectivity index (χ3v) is 4.57. The van der Waals surface area contributed by atoms with Gasteiger partial charge in [-0.05, 0) is 39.0 Å². The van der Waals surface area contributed by atoms with Crippen LogP contribution in [0.1, 0.15) is 40.0 Å². The van der Waals surface area contributed by atoms with E-state index in [0.29, 0.717) is 11.6 Å². The van der Waals surface area contributed by atoms with E-state index < -0.39 is 0 Å². The van der Waals surface area contributed by atoms with E-state index in [-0.39, 0.29) is 0 Å². The second-order valence-corrected chi connectivity index (χ2v) is 5.76. The van der Waals surface area contributed by atoms with Crippen molar-refractivity contribution in [2.45, 2.75) is 51.6 Å². The van der Waals surface area contributed by atoms with Crippen molar-refractivity contribution in [1.82, 2.24) is 10.2 Å². The van der Waals surface area contributed by atoms with Crippen molar-refractivity contribution in [2.24, 2.45) is 5.92 Å². The molecule has 2 aliphatic rings. The normalized spacial score (nSPS) is 35.1. The largest absolute Gasteiger partial charge is 0.380 e. The molecule has 1 saturated carbocycles. The molecule has 0 aromatic heterocycles. The summed E-state index contributed by atoms with van der Waals surface area (Å²) in [4.78, 5) is 2.69. The first-order chi connectivity index (χ1) is 8.20. The Hall–Kier alpha value is -0.120. The minimum atomic E-state index is 0.378. The number of nitrogens with one attached hydrogen (secondary N) is 1. The summed E-state index contributed by atoms with van der Waals surface area (Å²) in [7, 11) is 0. The summed E-state index contributed by atoms with van der Waals surface area (Å²) in [6.07, 6.45) is 4.06. The lowest BCUT2D eigenvalue weighted by molar-refractivity contribution is 0.00836. The summed E-state index contributed by atoms with van der Waals surface area (Å²) >= 11 is 0. The molecule has 2 rings (SSSR count). The Balaban J connectivity index is 1.93. The molecule has 0 spiro atoms. The number of nitrogens with zero attached hydrogens (tertiary/aromatic N) is 1. The number of hydrogen-bond acceptors (Lipinski definition) is 3. The topological polar surface area (TPSA) is 24.5 Å². The highest BCUT2D eigenvalue weighted by Crippen LogP contribution is 2.43. The van der Waals surface area contributed by atoms with Crippen LogP contribution in [0.4, 0.5) is 0 Å². The molecule has 1 aliphatic heterocycles. The molecular weight excluding hydrogens is 212 g/mol. The number of ether oxygens (including phenoxy) is 1. The SMILES string of the molecule is CCOCCN1CC(CC)NCC1(C)C1CC1. The van der Waals surface area contributed by atoms with Crippen molar-refractivity contribution in [1.29, 1.82) is 0 Å². The molecule has 0 aromatic rings. The van der Waals surface area contributed by atoms with Gasteiger partial charge in [-0.1, -0.05) is 6.92 Å². The van der Waals surface area contributed by atoms with Crippen LogP contribution in [0.5, 0.6) is 0 Å². The summed E-state index contributed by atoms with van der Waals surface area (Å²) < 4.78 is 5.54. The summed E-state index contributed by atoms with van der Waals surface area (Å²) in [6, 6.07) is 0.670. The standard InChI is InChI=1S/C14H28N2O/c1-4-13-10-16(8-9-17-5-2)14(3,11-15-13)12-6-7-12/h12-13,15H,4-11H2,1-3H3. The fraction of sp³-hybridized carbons (Fsp3) is 1.00. The monoisotopic (exact) mass is 240 g/mol. The fourth-order valence-electron chi connectivity index (χ4n) is 3.05. The van der Waals surface area contributed by atoms with E-state index in [2.05, 4.69) is 31.0 Å². The zero-order valence-electron chi connectivity index (χ0n) is 11.7. The average molecular weight is 240 g/mol. The van der Waals surface area contributed by atoms with E-state index in [1.807, 2.05) is 0 Å². The van der Waals surface area contributed by atoms with Gasteiger partial charge in [0.25, 0.3) is 0 Å². The Morgan fingerprint density at radius 3 is 2.71 bits per heavy atom. The quantitative estimate of drug-likeness (QED) is 0.717. The summed E-state index contributed by atoms with van der Waals surface area (Å²) in [6.45, 7) is 12.0. The van der Waals surface area contributed by atoms with Crippen LogP contribution in [0.15, 0.2) is 0 Å². The lowest BCUT2D eigenvalue weighted by atomic mass is 9.89. The first-order valence-corrected chi connectivity index (χ1v) is 7.27. The van der Waals surface area contributed by atoms with Gasteiger partial charge in [0.2, 0.25) is 0 Å². The van der Waals surface area contributed by atoms with Crippen LogP contribution in [0.25, 0.3) is 0 Å². The number of rotatable bonds is 6. The van der Waals surface area contributed by atoms with Gasteiger partial charge in [0.15, 0.2) is 0 Å². The Morgan fingerprint density at radius 1 is 1.35 bits per heavy atom. The molecule has 100 valence electrons. The molecule has 3 heteroatoms. The molecule has 0 aromatic carbocycles. The molecule has 1 aliphatic carbocycles. The van der Waals surface area contributed by atoms with Gasteiger partial charge in [0.1, 0.15) is 0 Å². The van der Waals surface area contributed by atoms with E-state index in [1.165, 1.54) is 25.8 Å². The number of hydrogen-bond donors (Lipinski definition) is 1. The molecule has 0 radical (unpaired) electrons. The van der Waals surface area contributed by atoms with Gasteiger partial charge >= 0.3 is 0 Å². The van der Waals surface area contributed by atoms with Gasteiger partial charge < -0.3 is 10.1 Å². The maximum atomic E-state index is 5.54. The minimum Gasteiger partial charge on any atom is -0.380 e.